The van der Waals surface area contributed by atoms with Crippen molar-refractivity contribution in [1.29, 1.82) is 0 Å². The molecule has 0 fully saturated rings. The molecule has 0 unspecified atom stereocenters. The Morgan fingerprint density at radius 3 is 1.30 bits per heavy atom. The normalized spacial score (nSPS) is 11.0. The summed E-state index contributed by atoms with van der Waals surface area (Å²) in [4.78, 5) is 21.4. The van der Waals surface area contributed by atoms with Crippen LogP contribution in [0.1, 0.15) is 20.7 Å². The topological polar surface area (TPSA) is 118 Å². The van der Waals surface area contributed by atoms with E-state index in [1.54, 1.807) is 18.2 Å². The summed E-state index contributed by atoms with van der Waals surface area (Å²) in [5.41, 5.74) is 0.310. The van der Waals surface area contributed by atoms with Gasteiger partial charge in [0.15, 0.2) is 0 Å². The van der Waals surface area contributed by atoms with Crippen molar-refractivity contribution in [3.63, 3.8) is 0 Å². The molecule has 0 amide bonds. The smallest absolute Gasteiger partial charge is 0.282 e. The molecule has 2 N–H and O–H groups in total. The Morgan fingerprint density at radius 2 is 0.977 bits per heavy atom. The Bertz CT molecular complexity index is 1620. The molecule has 0 spiro atoms. The minimum Gasteiger partial charge on any atom is -0.282 e. The molecule has 222 valence electrons. The van der Waals surface area contributed by atoms with Crippen molar-refractivity contribution in [2.45, 2.75) is 4.90 Å². The summed E-state index contributed by atoms with van der Waals surface area (Å²) in [5, 5.41) is 13.0. The third-order valence-electron chi connectivity index (χ3n) is 6.63. The number of carboxylic acid groups (broad SMARTS) is 1. The van der Waals surface area contributed by atoms with Crippen LogP contribution in [-0.2, 0) is 14.9 Å². The van der Waals surface area contributed by atoms with Crippen LogP contribution in [0.15, 0.2) is 150 Å². The van der Waals surface area contributed by atoms with Crippen molar-refractivity contribution < 1.29 is 32.4 Å². The molecule has 0 heterocycles. The Kier molecular flexibility index (Phi) is 11.9. The molecule has 0 bridgehead atoms. The molecular weight excluding hydrogens is 583 g/mol. The van der Waals surface area contributed by atoms with E-state index < -0.39 is 29.3 Å². The van der Waals surface area contributed by atoms with Crippen LogP contribution >= 0.6 is 7.26 Å². The van der Waals surface area contributed by atoms with Crippen molar-refractivity contribution in [1.82, 2.24) is 0 Å². The molecule has 0 aliphatic carbocycles. The summed E-state index contributed by atoms with van der Waals surface area (Å²) in [6.45, 7) is 2.44. The second kappa shape index (κ2) is 15.6. The molecule has 0 aliphatic heterocycles. The van der Waals surface area contributed by atoms with Gasteiger partial charge in [-0.15, -0.1) is 0 Å². The van der Waals surface area contributed by atoms with Gasteiger partial charge in [0.1, 0.15) is 0 Å². The van der Waals surface area contributed by atoms with E-state index in [4.69, 9.17) is 9.66 Å². The van der Waals surface area contributed by atoms with E-state index in [2.05, 4.69) is 102 Å². The number of benzene rings is 5. The van der Waals surface area contributed by atoms with Gasteiger partial charge in [0.25, 0.3) is 10.1 Å². The molecule has 5 rings (SSSR count). The van der Waals surface area contributed by atoms with Crippen LogP contribution in [-0.4, -0.2) is 43.8 Å². The number of rotatable bonds is 6. The zero-order valence-corrected chi connectivity index (χ0v) is 25.5. The molecule has 43 heavy (non-hydrogen) atoms. The fraction of sp³-hybridized carbons (Fsp3) is 0.0588. The predicted molar refractivity (Wildman–Crippen MR) is 173 cm³/mol. The average Bonchev–Trinajstić information content (AvgIpc) is 3.06. The van der Waals surface area contributed by atoms with E-state index in [0.717, 1.165) is 0 Å². The molecule has 5 aromatic rings. The number of carbonyl (C=O) groups excluding carboxylic acids is 1. The van der Waals surface area contributed by atoms with Gasteiger partial charge in [-0.2, -0.15) is 8.42 Å². The van der Waals surface area contributed by atoms with Crippen LogP contribution in [0.4, 0.5) is 0 Å². The molecule has 0 aromatic heterocycles. The standard InChI is InChI=1S/C19H19P.C9H8O4.C6H6O3S/c1-20(17-11-5-2-6-12-17,18-13-7-3-8-14-18)19-15-9-4-10-16-19;1-13-9(12)7-4-2-3-6(5-7)8(10)11;7-10(8,9)6-4-2-1-3-5-6/h2-16,20H,1H3;2-5H,1H3,(H,10,11);1-5H,(H,7,8,9). The van der Waals surface area contributed by atoms with Crippen LogP contribution in [0.2, 0.25) is 0 Å². The van der Waals surface area contributed by atoms with Gasteiger partial charge in [-0.3, -0.25) is 4.55 Å². The zero-order chi connectivity index (χ0) is 31.3. The molecule has 0 saturated heterocycles. The third kappa shape index (κ3) is 9.18. The Balaban J connectivity index is 0.000000190. The molecular formula is C34H33O7PS. The number of hydrogen-bond donors (Lipinski definition) is 2. The van der Waals surface area contributed by atoms with Crippen molar-refractivity contribution >= 4 is 45.2 Å². The van der Waals surface area contributed by atoms with Crippen molar-refractivity contribution in [3.05, 3.63) is 157 Å². The number of methoxy groups -OCH3 is 1. The van der Waals surface area contributed by atoms with Crippen LogP contribution in [0.5, 0.6) is 0 Å². The zero-order valence-electron chi connectivity index (χ0n) is 23.7. The molecule has 9 heteroatoms. The summed E-state index contributed by atoms with van der Waals surface area (Å²) in [6, 6.07) is 45.9. The van der Waals surface area contributed by atoms with Crippen molar-refractivity contribution in [3.8, 4) is 0 Å². The van der Waals surface area contributed by atoms with Crippen molar-refractivity contribution in [2.75, 3.05) is 13.8 Å². The van der Waals surface area contributed by atoms with Gasteiger partial charge in [-0.1, -0.05) is 24.3 Å². The Hall–Kier alpha value is -4.62. The molecule has 0 radical (unpaired) electrons. The number of esters is 1. The fourth-order valence-corrected chi connectivity index (χ4v) is 8.38. The minimum atomic E-state index is -4.00. The number of carbonyl (C=O) groups is 2. The van der Waals surface area contributed by atoms with Gasteiger partial charge in [-0.05, 0) is 30.3 Å². The van der Waals surface area contributed by atoms with E-state index in [1.807, 2.05) is 0 Å². The maximum atomic E-state index is 11.0. The first-order valence-corrected chi connectivity index (χ1v) is 17.1. The van der Waals surface area contributed by atoms with Crippen LogP contribution < -0.4 is 15.9 Å². The number of hydrogen-bond acceptors (Lipinski definition) is 5. The number of carboxylic acids is 1. The maximum Gasteiger partial charge on any atom is 0.294 e. The number of aromatic carboxylic acids is 1. The minimum absolute atomic E-state index is 0.0721. The summed E-state index contributed by atoms with van der Waals surface area (Å²) >= 11 is 0. The maximum absolute atomic E-state index is 11.0. The average molecular weight is 617 g/mol. The molecule has 0 atom stereocenters. The predicted octanol–water partition coefficient (Wildman–Crippen LogP) is 5.45. The largest absolute Gasteiger partial charge is 0.294 e. The van der Waals surface area contributed by atoms with Gasteiger partial charge in [0.2, 0.25) is 0 Å². The first kappa shape index (κ1) is 32.9. The van der Waals surface area contributed by atoms with E-state index in [-0.39, 0.29) is 16.0 Å². The molecule has 5 aromatic carbocycles. The monoisotopic (exact) mass is 616 g/mol. The van der Waals surface area contributed by atoms with E-state index in [1.165, 1.54) is 59.4 Å². The van der Waals surface area contributed by atoms with Crippen LogP contribution in [0.25, 0.3) is 0 Å². The van der Waals surface area contributed by atoms with Crippen LogP contribution in [0, 0.1) is 0 Å². The van der Waals surface area contributed by atoms with E-state index >= 15 is 0 Å². The van der Waals surface area contributed by atoms with Gasteiger partial charge in [-0.25, -0.2) is 9.59 Å². The second-order valence-corrected chi connectivity index (χ2v) is 14.8. The quantitative estimate of drug-likeness (QED) is 0.148. The van der Waals surface area contributed by atoms with Gasteiger partial charge < -0.3 is 9.84 Å². The first-order valence-electron chi connectivity index (χ1n) is 13.2. The number of ether oxygens (including phenoxy) is 1. The summed E-state index contributed by atoms with van der Waals surface area (Å²) in [5.74, 6) is -1.60. The first-order chi connectivity index (χ1) is 20.6. The molecule has 7 nitrogen and oxygen atoms in total. The van der Waals surface area contributed by atoms with Gasteiger partial charge >= 0.3 is 133 Å². The van der Waals surface area contributed by atoms with Crippen molar-refractivity contribution in [2.24, 2.45) is 0 Å². The third-order valence-corrected chi connectivity index (χ3v) is 12.0. The SMILES string of the molecule is COC(=O)c1cccc(C(=O)O)c1.C[PH](c1ccccc1)(c1ccccc1)c1ccccc1.O=S(=O)(O)c1ccccc1. The second-order valence-electron chi connectivity index (χ2n) is 9.39. The van der Waals surface area contributed by atoms with Gasteiger partial charge in [0, 0.05) is 0 Å². The molecule has 0 aliphatic rings. The van der Waals surface area contributed by atoms with Crippen LogP contribution in [0.3, 0.4) is 0 Å². The summed E-state index contributed by atoms with van der Waals surface area (Å²) in [7, 11) is -4.63. The van der Waals surface area contributed by atoms with E-state index in [9.17, 15) is 18.0 Å². The van der Waals surface area contributed by atoms with E-state index in [0.29, 0.717) is 0 Å². The summed E-state index contributed by atoms with van der Waals surface area (Å²) < 4.78 is 33.7. The Labute approximate surface area is 252 Å². The van der Waals surface area contributed by atoms with Gasteiger partial charge in [0.05, 0.1) is 23.1 Å². The fourth-order valence-electron chi connectivity index (χ4n) is 4.30. The summed E-state index contributed by atoms with van der Waals surface area (Å²) in [6.07, 6.45) is 0. The Morgan fingerprint density at radius 1 is 0.605 bits per heavy atom. The molecule has 0 saturated carbocycles.